The number of aryl methyl sites for hydroxylation is 3. The number of carbonyl (C=O) groups excluding carboxylic acids is 1. The normalized spacial score (nSPS) is 10.4. The van der Waals surface area contributed by atoms with E-state index in [1.54, 1.807) is 31.2 Å². The number of halogens is 1. The van der Waals surface area contributed by atoms with Gasteiger partial charge in [0.15, 0.2) is 5.78 Å². The Balaban J connectivity index is 2.47. The zero-order valence-corrected chi connectivity index (χ0v) is 10.8. The number of ketones is 1. The fraction of sp³-hybridized carbons (Fsp3) is 0.188. The third-order valence-corrected chi connectivity index (χ3v) is 2.85. The molecule has 2 aromatic carbocycles. The van der Waals surface area contributed by atoms with Gasteiger partial charge in [0.2, 0.25) is 0 Å². The Kier molecular flexibility index (Phi) is 3.28. The van der Waals surface area contributed by atoms with Gasteiger partial charge < -0.3 is 0 Å². The molecule has 1 nitrogen and oxygen atoms in total. The summed E-state index contributed by atoms with van der Waals surface area (Å²) in [5, 5.41) is 0. The number of rotatable bonds is 2. The number of carbonyl (C=O) groups is 1. The van der Waals surface area contributed by atoms with Crippen LogP contribution < -0.4 is 0 Å². The fourth-order valence-electron chi connectivity index (χ4n) is 2.07. The maximum absolute atomic E-state index is 13.8. The van der Waals surface area contributed by atoms with Crippen LogP contribution in [0.2, 0.25) is 0 Å². The van der Waals surface area contributed by atoms with E-state index in [9.17, 15) is 9.18 Å². The largest absolute Gasteiger partial charge is 0.288 e. The van der Waals surface area contributed by atoms with E-state index in [1.165, 1.54) is 6.07 Å². The Morgan fingerprint density at radius 1 is 0.889 bits per heavy atom. The van der Waals surface area contributed by atoms with E-state index in [0.717, 1.165) is 16.7 Å². The summed E-state index contributed by atoms with van der Waals surface area (Å²) < 4.78 is 13.8. The first-order valence-corrected chi connectivity index (χ1v) is 5.86. The Hall–Kier alpha value is -1.96. The molecular formula is C16H15FO. The summed E-state index contributed by atoms with van der Waals surface area (Å²) in [4.78, 5) is 12.2. The quantitative estimate of drug-likeness (QED) is 0.728. The van der Waals surface area contributed by atoms with Gasteiger partial charge in [0.25, 0.3) is 0 Å². The van der Waals surface area contributed by atoms with Crippen LogP contribution >= 0.6 is 0 Å². The Morgan fingerprint density at radius 2 is 1.50 bits per heavy atom. The highest BCUT2D eigenvalue weighted by Crippen LogP contribution is 2.17. The minimum Gasteiger partial charge on any atom is -0.288 e. The predicted molar refractivity (Wildman–Crippen MR) is 70.5 cm³/mol. The van der Waals surface area contributed by atoms with Gasteiger partial charge in [-0.05, 0) is 50.6 Å². The minimum absolute atomic E-state index is 0.130. The molecule has 0 aromatic heterocycles. The van der Waals surface area contributed by atoms with E-state index in [2.05, 4.69) is 0 Å². The Morgan fingerprint density at radius 3 is 2.06 bits per heavy atom. The predicted octanol–water partition coefficient (Wildman–Crippen LogP) is 3.98. The van der Waals surface area contributed by atoms with Crippen molar-refractivity contribution < 1.29 is 9.18 Å². The van der Waals surface area contributed by atoms with E-state index in [-0.39, 0.29) is 11.3 Å². The second kappa shape index (κ2) is 4.73. The fourth-order valence-corrected chi connectivity index (χ4v) is 2.07. The van der Waals surface area contributed by atoms with Gasteiger partial charge in [-0.3, -0.25) is 4.79 Å². The molecule has 0 heterocycles. The molecule has 92 valence electrons. The third-order valence-electron chi connectivity index (χ3n) is 2.85. The molecule has 0 N–H and O–H groups in total. The molecule has 2 heteroatoms. The molecule has 0 unspecified atom stereocenters. The van der Waals surface area contributed by atoms with Crippen molar-refractivity contribution in [2.24, 2.45) is 0 Å². The monoisotopic (exact) mass is 242 g/mol. The summed E-state index contributed by atoms with van der Waals surface area (Å²) in [5.41, 5.74) is 3.49. The summed E-state index contributed by atoms with van der Waals surface area (Å²) in [6.07, 6.45) is 0. The summed E-state index contributed by atoms with van der Waals surface area (Å²) in [5.74, 6) is -0.724. The van der Waals surface area contributed by atoms with Crippen molar-refractivity contribution in [1.29, 1.82) is 0 Å². The summed E-state index contributed by atoms with van der Waals surface area (Å²) >= 11 is 0. The van der Waals surface area contributed by atoms with E-state index in [0.29, 0.717) is 5.56 Å². The average molecular weight is 242 g/mol. The average Bonchev–Trinajstić information content (AvgIpc) is 2.26. The van der Waals surface area contributed by atoms with Gasteiger partial charge in [-0.25, -0.2) is 4.39 Å². The molecule has 0 atom stereocenters. The highest BCUT2D eigenvalue weighted by molar-refractivity contribution is 6.09. The van der Waals surface area contributed by atoms with Crippen molar-refractivity contribution in [3.63, 3.8) is 0 Å². The van der Waals surface area contributed by atoms with E-state index >= 15 is 0 Å². The SMILES string of the molecule is Cc1cc(C)cc(C(=O)c2ccc(C)cc2F)c1. The van der Waals surface area contributed by atoms with Gasteiger partial charge in [-0.1, -0.05) is 23.3 Å². The van der Waals surface area contributed by atoms with E-state index < -0.39 is 5.82 Å². The first-order chi connectivity index (χ1) is 8.47. The van der Waals surface area contributed by atoms with Crippen molar-refractivity contribution in [3.05, 3.63) is 70.0 Å². The first-order valence-electron chi connectivity index (χ1n) is 5.86. The van der Waals surface area contributed by atoms with Crippen LogP contribution in [0.15, 0.2) is 36.4 Å². The lowest BCUT2D eigenvalue weighted by Crippen LogP contribution is -2.05. The molecule has 0 fully saturated rings. The van der Waals surface area contributed by atoms with Gasteiger partial charge >= 0.3 is 0 Å². The molecule has 0 spiro atoms. The van der Waals surface area contributed by atoms with Crippen molar-refractivity contribution in [3.8, 4) is 0 Å². The number of hydrogen-bond donors (Lipinski definition) is 0. The molecule has 2 aromatic rings. The smallest absolute Gasteiger partial charge is 0.195 e. The Bertz CT molecular complexity index is 594. The van der Waals surface area contributed by atoms with Crippen molar-refractivity contribution in [2.75, 3.05) is 0 Å². The van der Waals surface area contributed by atoms with E-state index in [4.69, 9.17) is 0 Å². The topological polar surface area (TPSA) is 17.1 Å². The van der Waals surface area contributed by atoms with Gasteiger partial charge in [-0.15, -0.1) is 0 Å². The van der Waals surface area contributed by atoms with Crippen LogP contribution in [0.4, 0.5) is 4.39 Å². The van der Waals surface area contributed by atoms with Gasteiger partial charge in [0.1, 0.15) is 5.82 Å². The van der Waals surface area contributed by atoms with Gasteiger partial charge in [0.05, 0.1) is 5.56 Å². The zero-order chi connectivity index (χ0) is 13.3. The molecule has 0 saturated heterocycles. The van der Waals surface area contributed by atoms with Crippen LogP contribution in [0.1, 0.15) is 32.6 Å². The maximum Gasteiger partial charge on any atom is 0.195 e. The lowest BCUT2D eigenvalue weighted by molar-refractivity contribution is 0.103. The van der Waals surface area contributed by atoms with Crippen LogP contribution in [0.3, 0.4) is 0 Å². The first kappa shape index (κ1) is 12.5. The second-order valence-electron chi connectivity index (χ2n) is 4.69. The lowest BCUT2D eigenvalue weighted by atomic mass is 9.98. The van der Waals surface area contributed by atoms with E-state index in [1.807, 2.05) is 19.9 Å². The number of hydrogen-bond acceptors (Lipinski definition) is 1. The Labute approximate surface area is 106 Å². The molecule has 0 aliphatic rings. The van der Waals surface area contributed by atoms with Crippen molar-refractivity contribution in [2.45, 2.75) is 20.8 Å². The molecule has 0 bridgehead atoms. The van der Waals surface area contributed by atoms with Crippen LogP contribution in [0.5, 0.6) is 0 Å². The van der Waals surface area contributed by atoms with Gasteiger partial charge in [-0.2, -0.15) is 0 Å². The number of benzene rings is 2. The van der Waals surface area contributed by atoms with Crippen molar-refractivity contribution in [1.82, 2.24) is 0 Å². The van der Waals surface area contributed by atoms with Crippen LogP contribution in [-0.4, -0.2) is 5.78 Å². The van der Waals surface area contributed by atoms with Crippen LogP contribution in [-0.2, 0) is 0 Å². The van der Waals surface area contributed by atoms with Gasteiger partial charge in [0, 0.05) is 5.56 Å². The minimum atomic E-state index is -0.459. The van der Waals surface area contributed by atoms with Crippen LogP contribution in [0.25, 0.3) is 0 Å². The maximum atomic E-state index is 13.8. The summed E-state index contributed by atoms with van der Waals surface area (Å²) in [6.45, 7) is 5.65. The molecule has 2 rings (SSSR count). The molecule has 0 aliphatic carbocycles. The lowest BCUT2D eigenvalue weighted by Gasteiger charge is -2.06. The van der Waals surface area contributed by atoms with Crippen LogP contribution in [0, 0.1) is 26.6 Å². The zero-order valence-electron chi connectivity index (χ0n) is 10.8. The summed E-state index contributed by atoms with van der Waals surface area (Å²) in [6, 6.07) is 10.2. The highest BCUT2D eigenvalue weighted by Gasteiger charge is 2.14. The molecule has 0 amide bonds. The second-order valence-corrected chi connectivity index (χ2v) is 4.69. The molecule has 0 saturated carbocycles. The standard InChI is InChI=1S/C16H15FO/c1-10-4-5-14(15(17)9-10)16(18)13-7-11(2)6-12(3)8-13/h4-9H,1-3H3. The molecule has 18 heavy (non-hydrogen) atoms. The third kappa shape index (κ3) is 2.48. The molecule has 0 radical (unpaired) electrons. The molecular weight excluding hydrogens is 227 g/mol. The summed E-state index contributed by atoms with van der Waals surface area (Å²) in [7, 11) is 0. The van der Waals surface area contributed by atoms with Crippen molar-refractivity contribution >= 4 is 5.78 Å². The highest BCUT2D eigenvalue weighted by atomic mass is 19.1. The molecule has 0 aliphatic heterocycles.